The van der Waals surface area contributed by atoms with Crippen molar-refractivity contribution < 1.29 is 24.2 Å². The van der Waals surface area contributed by atoms with Gasteiger partial charge in [0.1, 0.15) is 6.61 Å². The zero-order chi connectivity index (χ0) is 31.6. The average Bonchev–Trinajstić information content (AvgIpc) is 3.05. The Labute approximate surface area is 261 Å². The number of ether oxygens (including phenoxy) is 1. The zero-order valence-electron chi connectivity index (χ0n) is 25.3. The zero-order valence-corrected chi connectivity index (χ0v) is 25.3. The predicted octanol–water partition coefficient (Wildman–Crippen LogP) is 5.51. The van der Waals surface area contributed by atoms with Crippen LogP contribution in [0.4, 0.5) is 0 Å². The number of nitrogens with one attached hydrogen (secondary N) is 2. The van der Waals surface area contributed by atoms with Crippen LogP contribution in [0.5, 0.6) is 0 Å². The van der Waals surface area contributed by atoms with Crippen molar-refractivity contribution in [2.75, 3.05) is 13.2 Å². The molecule has 4 atom stereocenters. The second-order valence-corrected chi connectivity index (χ2v) is 10.9. The van der Waals surface area contributed by atoms with Crippen LogP contribution >= 0.6 is 0 Å². The second kappa shape index (κ2) is 18.9. The topological polar surface area (TPSA) is 105 Å². The summed E-state index contributed by atoms with van der Waals surface area (Å²) >= 11 is 0. The quantitative estimate of drug-likeness (QED) is 0.125. The summed E-state index contributed by atoms with van der Waals surface area (Å²) in [7, 11) is 0. The Balaban J connectivity index is 1.66. The smallest absolute Gasteiger partial charge is 0.309 e. The summed E-state index contributed by atoms with van der Waals surface area (Å²) in [5, 5.41) is 15.7. The standard InChI is InChI=1S/C37H44N2O5/c1-3-5-20-32(23-28-16-9-6-10-17-28)37(43)44-27-34(30-21-13-8-14-22-30)39-36(42)31(15-4-2)25-35(41)38-33(26-40)24-29-18-11-7-12-19-29/h3-4,6-14,16-19,21-22,31-34,40H,1-2,5,15,20,23-27H2,(H,38,41)(H,39,42)/t31-,32+,33+,34+/m0/s1. The number of benzene rings is 3. The van der Waals surface area contributed by atoms with E-state index in [-0.39, 0.29) is 49.8 Å². The summed E-state index contributed by atoms with van der Waals surface area (Å²) < 4.78 is 5.82. The molecule has 0 radical (unpaired) electrons. The second-order valence-electron chi connectivity index (χ2n) is 10.9. The van der Waals surface area contributed by atoms with Gasteiger partial charge in [-0.25, -0.2) is 0 Å². The first-order valence-corrected chi connectivity index (χ1v) is 15.1. The van der Waals surface area contributed by atoms with Crippen molar-refractivity contribution >= 4 is 17.8 Å². The summed E-state index contributed by atoms with van der Waals surface area (Å²) in [6.07, 6.45) is 5.91. The molecule has 0 saturated carbocycles. The van der Waals surface area contributed by atoms with E-state index in [1.165, 1.54) is 0 Å². The Kier molecular flexibility index (Phi) is 14.6. The van der Waals surface area contributed by atoms with E-state index in [0.717, 1.165) is 16.7 Å². The number of hydrogen-bond acceptors (Lipinski definition) is 5. The first kappa shape index (κ1) is 34.0. The fourth-order valence-corrected chi connectivity index (χ4v) is 5.05. The summed E-state index contributed by atoms with van der Waals surface area (Å²) in [6.45, 7) is 7.28. The molecule has 3 rings (SSSR count). The van der Waals surface area contributed by atoms with Gasteiger partial charge in [0.15, 0.2) is 0 Å². The third-order valence-corrected chi connectivity index (χ3v) is 7.45. The lowest BCUT2D eigenvalue weighted by molar-refractivity contribution is -0.150. The monoisotopic (exact) mass is 596 g/mol. The molecular formula is C37H44N2O5. The SMILES string of the molecule is C=CCC[C@H](Cc1ccccc1)C(=O)OC[C@@H](NC(=O)[C@@H](CC=C)CC(=O)N[C@@H](CO)Cc1ccccc1)c1ccccc1. The highest BCUT2D eigenvalue weighted by Gasteiger charge is 2.27. The van der Waals surface area contributed by atoms with Gasteiger partial charge in [0, 0.05) is 6.42 Å². The maximum Gasteiger partial charge on any atom is 0.309 e. The Bertz CT molecular complexity index is 1310. The molecule has 3 aromatic carbocycles. The van der Waals surface area contributed by atoms with Crippen molar-refractivity contribution in [1.29, 1.82) is 0 Å². The number of hydrogen-bond donors (Lipinski definition) is 3. The molecule has 2 amide bonds. The summed E-state index contributed by atoms with van der Waals surface area (Å²) in [5.74, 6) is -2.06. The van der Waals surface area contributed by atoms with Crippen LogP contribution in [0.3, 0.4) is 0 Å². The minimum Gasteiger partial charge on any atom is -0.463 e. The van der Waals surface area contributed by atoms with Gasteiger partial charge in [-0.15, -0.1) is 13.2 Å². The number of aliphatic hydroxyl groups is 1. The highest BCUT2D eigenvalue weighted by molar-refractivity contribution is 5.86. The Hall–Kier alpha value is -4.49. The molecule has 0 bridgehead atoms. The van der Waals surface area contributed by atoms with E-state index in [2.05, 4.69) is 23.8 Å². The molecule has 0 aliphatic rings. The molecule has 0 saturated heterocycles. The molecule has 0 unspecified atom stereocenters. The Morgan fingerprint density at radius 2 is 1.36 bits per heavy atom. The van der Waals surface area contributed by atoms with Crippen LogP contribution in [-0.4, -0.2) is 42.1 Å². The first-order valence-electron chi connectivity index (χ1n) is 15.1. The lowest BCUT2D eigenvalue weighted by Gasteiger charge is -2.24. The molecular weight excluding hydrogens is 552 g/mol. The van der Waals surface area contributed by atoms with Crippen molar-refractivity contribution in [2.24, 2.45) is 11.8 Å². The van der Waals surface area contributed by atoms with E-state index < -0.39 is 18.0 Å². The summed E-state index contributed by atoms with van der Waals surface area (Å²) in [6, 6.07) is 27.6. The Morgan fingerprint density at radius 1 is 0.773 bits per heavy atom. The number of rotatable bonds is 19. The molecule has 7 nitrogen and oxygen atoms in total. The molecule has 0 aromatic heterocycles. The molecule has 0 aliphatic heterocycles. The van der Waals surface area contributed by atoms with Crippen molar-refractivity contribution in [3.05, 3.63) is 133 Å². The summed E-state index contributed by atoms with van der Waals surface area (Å²) in [5.41, 5.74) is 2.82. The molecule has 7 heteroatoms. The van der Waals surface area contributed by atoms with Crippen LogP contribution in [0.2, 0.25) is 0 Å². The van der Waals surface area contributed by atoms with Gasteiger partial charge in [-0.1, -0.05) is 103 Å². The maximum atomic E-state index is 13.5. The van der Waals surface area contributed by atoms with E-state index in [4.69, 9.17) is 4.74 Å². The van der Waals surface area contributed by atoms with Crippen LogP contribution in [0, 0.1) is 11.8 Å². The Morgan fingerprint density at radius 3 is 1.93 bits per heavy atom. The van der Waals surface area contributed by atoms with Crippen LogP contribution in [0.25, 0.3) is 0 Å². The van der Waals surface area contributed by atoms with E-state index in [9.17, 15) is 19.5 Å². The number of allylic oxidation sites excluding steroid dienone is 2. The lowest BCUT2D eigenvalue weighted by Crippen LogP contribution is -2.42. The van der Waals surface area contributed by atoms with E-state index in [1.807, 2.05) is 91.0 Å². The fraction of sp³-hybridized carbons (Fsp3) is 0.324. The number of carbonyl (C=O) groups excluding carboxylic acids is 3. The largest absolute Gasteiger partial charge is 0.463 e. The van der Waals surface area contributed by atoms with Gasteiger partial charge in [0.25, 0.3) is 0 Å². The average molecular weight is 597 g/mol. The molecule has 0 fully saturated rings. The number of aliphatic hydroxyl groups excluding tert-OH is 1. The molecule has 3 aromatic rings. The van der Waals surface area contributed by atoms with Gasteiger partial charge in [-0.2, -0.15) is 0 Å². The van der Waals surface area contributed by atoms with Gasteiger partial charge >= 0.3 is 5.97 Å². The van der Waals surface area contributed by atoms with E-state index in [0.29, 0.717) is 25.7 Å². The number of amides is 2. The van der Waals surface area contributed by atoms with Gasteiger partial charge < -0.3 is 20.5 Å². The van der Waals surface area contributed by atoms with Gasteiger partial charge in [-0.05, 0) is 48.8 Å². The van der Waals surface area contributed by atoms with Gasteiger partial charge in [-0.3, -0.25) is 14.4 Å². The van der Waals surface area contributed by atoms with Crippen molar-refractivity contribution in [2.45, 2.75) is 50.6 Å². The number of esters is 1. The minimum atomic E-state index is -0.691. The highest BCUT2D eigenvalue weighted by Crippen LogP contribution is 2.20. The highest BCUT2D eigenvalue weighted by atomic mass is 16.5. The lowest BCUT2D eigenvalue weighted by atomic mass is 9.94. The third-order valence-electron chi connectivity index (χ3n) is 7.45. The molecule has 0 aliphatic carbocycles. The van der Waals surface area contributed by atoms with Crippen LogP contribution in [-0.2, 0) is 32.0 Å². The normalized spacial score (nSPS) is 13.5. The predicted molar refractivity (Wildman–Crippen MR) is 173 cm³/mol. The fourth-order valence-electron chi connectivity index (χ4n) is 5.05. The van der Waals surface area contributed by atoms with E-state index >= 15 is 0 Å². The molecule has 44 heavy (non-hydrogen) atoms. The minimum absolute atomic E-state index is 0.0510. The van der Waals surface area contributed by atoms with Crippen molar-refractivity contribution in [3.8, 4) is 0 Å². The number of carbonyl (C=O) groups is 3. The van der Waals surface area contributed by atoms with Crippen LogP contribution in [0.15, 0.2) is 116 Å². The molecule has 0 heterocycles. The maximum absolute atomic E-state index is 13.5. The van der Waals surface area contributed by atoms with Gasteiger partial charge in [0.05, 0.1) is 30.5 Å². The first-order chi connectivity index (χ1) is 21.4. The summed E-state index contributed by atoms with van der Waals surface area (Å²) in [4.78, 5) is 39.7. The molecule has 3 N–H and O–H groups in total. The van der Waals surface area contributed by atoms with Crippen molar-refractivity contribution in [1.82, 2.24) is 10.6 Å². The molecule has 232 valence electrons. The van der Waals surface area contributed by atoms with Gasteiger partial charge in [0.2, 0.25) is 11.8 Å². The molecule has 0 spiro atoms. The van der Waals surface area contributed by atoms with Crippen LogP contribution in [0.1, 0.15) is 48.4 Å². The van der Waals surface area contributed by atoms with E-state index in [1.54, 1.807) is 12.2 Å². The van der Waals surface area contributed by atoms with Crippen molar-refractivity contribution in [3.63, 3.8) is 0 Å². The van der Waals surface area contributed by atoms with Crippen LogP contribution < -0.4 is 10.6 Å². The third kappa shape index (κ3) is 11.7.